The second-order valence-electron chi connectivity index (χ2n) is 2.17. The third kappa shape index (κ3) is 0.952. The van der Waals surface area contributed by atoms with E-state index in [0.29, 0.717) is 23.1 Å². The zero-order valence-corrected chi connectivity index (χ0v) is 6.22. The highest BCUT2D eigenvalue weighted by atomic mass is 35.5. The van der Waals surface area contributed by atoms with Crippen molar-refractivity contribution in [2.75, 3.05) is 0 Å². The number of amides is 1. The van der Waals surface area contributed by atoms with E-state index in [2.05, 4.69) is 15.3 Å². The van der Waals surface area contributed by atoms with Crippen LogP contribution in [0.2, 0.25) is 5.15 Å². The van der Waals surface area contributed by atoms with Crippen LogP contribution in [0.3, 0.4) is 0 Å². The monoisotopic (exact) mass is 169 g/mol. The van der Waals surface area contributed by atoms with Gasteiger partial charge in [-0.2, -0.15) is 0 Å². The SMILES string of the molecule is O=C1NCc2nc(Cl)cnc21. The van der Waals surface area contributed by atoms with Gasteiger partial charge in [0, 0.05) is 0 Å². The van der Waals surface area contributed by atoms with Crippen molar-refractivity contribution < 1.29 is 4.79 Å². The van der Waals surface area contributed by atoms with Crippen LogP contribution in [0.5, 0.6) is 0 Å². The molecule has 0 aliphatic carbocycles. The van der Waals surface area contributed by atoms with Crippen LogP contribution in [-0.4, -0.2) is 15.9 Å². The molecular weight excluding hydrogens is 166 g/mol. The molecule has 1 aromatic rings. The summed E-state index contributed by atoms with van der Waals surface area (Å²) < 4.78 is 0. The van der Waals surface area contributed by atoms with Gasteiger partial charge in [0.1, 0.15) is 5.15 Å². The Kier molecular flexibility index (Phi) is 1.29. The lowest BCUT2D eigenvalue weighted by Gasteiger charge is -1.92. The van der Waals surface area contributed by atoms with Gasteiger partial charge < -0.3 is 5.32 Å². The van der Waals surface area contributed by atoms with E-state index in [1.807, 2.05) is 0 Å². The molecule has 2 rings (SSSR count). The van der Waals surface area contributed by atoms with Crippen LogP contribution in [-0.2, 0) is 6.54 Å². The van der Waals surface area contributed by atoms with Gasteiger partial charge in [-0.1, -0.05) is 11.6 Å². The Hall–Kier alpha value is -1.16. The summed E-state index contributed by atoms with van der Waals surface area (Å²) in [5, 5.41) is 2.91. The van der Waals surface area contributed by atoms with E-state index in [1.165, 1.54) is 6.20 Å². The molecule has 1 N–H and O–H groups in total. The second-order valence-corrected chi connectivity index (χ2v) is 2.56. The first-order valence-corrected chi connectivity index (χ1v) is 3.45. The lowest BCUT2D eigenvalue weighted by atomic mass is 10.3. The molecule has 0 unspecified atom stereocenters. The highest BCUT2D eigenvalue weighted by Crippen LogP contribution is 2.12. The molecule has 0 fully saturated rings. The summed E-state index contributed by atoms with van der Waals surface area (Å²) in [6, 6.07) is 0. The number of carbonyl (C=O) groups is 1. The fourth-order valence-corrected chi connectivity index (χ4v) is 1.11. The van der Waals surface area contributed by atoms with Crippen LogP contribution < -0.4 is 5.32 Å². The number of hydrogen-bond acceptors (Lipinski definition) is 3. The molecule has 56 valence electrons. The Morgan fingerprint density at radius 3 is 3.27 bits per heavy atom. The quantitative estimate of drug-likeness (QED) is 0.611. The third-order valence-corrected chi connectivity index (χ3v) is 1.63. The Morgan fingerprint density at radius 2 is 2.45 bits per heavy atom. The van der Waals surface area contributed by atoms with Crippen molar-refractivity contribution in [2.24, 2.45) is 0 Å². The molecule has 11 heavy (non-hydrogen) atoms. The van der Waals surface area contributed by atoms with Crippen LogP contribution in [0.15, 0.2) is 6.20 Å². The van der Waals surface area contributed by atoms with Gasteiger partial charge in [0.2, 0.25) is 0 Å². The summed E-state index contributed by atoms with van der Waals surface area (Å²) in [6.07, 6.45) is 1.37. The first kappa shape index (κ1) is 6.54. The van der Waals surface area contributed by atoms with Crippen molar-refractivity contribution in [2.45, 2.75) is 6.54 Å². The number of nitrogens with zero attached hydrogens (tertiary/aromatic N) is 2. The minimum Gasteiger partial charge on any atom is -0.345 e. The van der Waals surface area contributed by atoms with E-state index in [1.54, 1.807) is 0 Å². The van der Waals surface area contributed by atoms with E-state index in [9.17, 15) is 4.79 Å². The van der Waals surface area contributed by atoms with Gasteiger partial charge in [0.15, 0.2) is 5.69 Å². The Morgan fingerprint density at radius 1 is 1.64 bits per heavy atom. The van der Waals surface area contributed by atoms with Gasteiger partial charge in [0.05, 0.1) is 18.4 Å². The number of rotatable bonds is 0. The number of hydrogen-bond donors (Lipinski definition) is 1. The Labute approximate surface area is 67.6 Å². The van der Waals surface area contributed by atoms with Crippen LogP contribution in [0.1, 0.15) is 16.2 Å². The Balaban J connectivity index is 2.59. The van der Waals surface area contributed by atoms with Gasteiger partial charge in [-0.05, 0) is 0 Å². The van der Waals surface area contributed by atoms with Crippen molar-refractivity contribution in [3.05, 3.63) is 22.7 Å². The van der Waals surface area contributed by atoms with Crippen molar-refractivity contribution >= 4 is 17.5 Å². The molecule has 0 spiro atoms. The molecule has 0 atom stereocenters. The van der Waals surface area contributed by atoms with Crippen molar-refractivity contribution in [1.82, 2.24) is 15.3 Å². The van der Waals surface area contributed by atoms with Crippen molar-refractivity contribution in [3.63, 3.8) is 0 Å². The molecule has 0 radical (unpaired) electrons. The molecule has 0 saturated carbocycles. The molecule has 1 aliphatic heterocycles. The van der Waals surface area contributed by atoms with Crippen molar-refractivity contribution in [1.29, 1.82) is 0 Å². The normalized spacial score (nSPS) is 14.5. The maximum absolute atomic E-state index is 10.9. The molecule has 1 aliphatic rings. The summed E-state index contributed by atoms with van der Waals surface area (Å²) in [5.41, 5.74) is 1.01. The van der Waals surface area contributed by atoms with Crippen LogP contribution >= 0.6 is 11.6 Å². The van der Waals surface area contributed by atoms with E-state index < -0.39 is 0 Å². The molecule has 1 amide bonds. The smallest absolute Gasteiger partial charge is 0.272 e. The molecule has 0 saturated heterocycles. The maximum atomic E-state index is 10.9. The highest BCUT2D eigenvalue weighted by molar-refractivity contribution is 6.29. The third-order valence-electron chi connectivity index (χ3n) is 1.45. The molecule has 0 bridgehead atoms. The lowest BCUT2D eigenvalue weighted by Crippen LogP contribution is -2.13. The number of halogens is 1. The zero-order valence-electron chi connectivity index (χ0n) is 5.47. The Bertz CT molecular complexity index is 326. The van der Waals surface area contributed by atoms with Gasteiger partial charge in [-0.3, -0.25) is 4.79 Å². The highest BCUT2D eigenvalue weighted by Gasteiger charge is 2.21. The zero-order chi connectivity index (χ0) is 7.84. The average molecular weight is 170 g/mol. The van der Waals surface area contributed by atoms with Crippen LogP contribution in [0.25, 0.3) is 0 Å². The first-order valence-electron chi connectivity index (χ1n) is 3.07. The molecular formula is C6H4ClN3O. The molecule has 4 nitrogen and oxygen atoms in total. The lowest BCUT2D eigenvalue weighted by molar-refractivity contribution is 0.0961. The minimum absolute atomic E-state index is 0.177. The van der Waals surface area contributed by atoms with Gasteiger partial charge in [-0.25, -0.2) is 9.97 Å². The topological polar surface area (TPSA) is 54.9 Å². The van der Waals surface area contributed by atoms with E-state index in [-0.39, 0.29) is 5.91 Å². The predicted molar refractivity (Wildman–Crippen MR) is 38.2 cm³/mol. The summed E-state index contributed by atoms with van der Waals surface area (Å²) in [6.45, 7) is 0.432. The second kappa shape index (κ2) is 2.17. The number of aromatic nitrogens is 2. The summed E-state index contributed by atoms with van der Waals surface area (Å²) in [4.78, 5) is 18.7. The van der Waals surface area contributed by atoms with E-state index in [0.717, 1.165) is 0 Å². The summed E-state index contributed by atoms with van der Waals surface area (Å²) >= 11 is 5.56. The fourth-order valence-electron chi connectivity index (χ4n) is 0.964. The summed E-state index contributed by atoms with van der Waals surface area (Å²) in [5.74, 6) is -0.177. The van der Waals surface area contributed by atoms with Gasteiger partial charge in [0.25, 0.3) is 5.91 Å². The number of fused-ring (bicyclic) bond motifs is 1. The van der Waals surface area contributed by atoms with Gasteiger partial charge >= 0.3 is 0 Å². The van der Waals surface area contributed by atoms with E-state index in [4.69, 9.17) is 11.6 Å². The minimum atomic E-state index is -0.177. The van der Waals surface area contributed by atoms with Crippen molar-refractivity contribution in [3.8, 4) is 0 Å². The van der Waals surface area contributed by atoms with E-state index >= 15 is 0 Å². The fraction of sp³-hybridized carbons (Fsp3) is 0.167. The number of carbonyl (C=O) groups excluding carboxylic acids is 1. The maximum Gasteiger partial charge on any atom is 0.272 e. The first-order chi connectivity index (χ1) is 5.27. The predicted octanol–water partition coefficient (Wildman–Crippen LogP) is 0.373. The largest absolute Gasteiger partial charge is 0.345 e. The van der Waals surface area contributed by atoms with Crippen LogP contribution in [0, 0.1) is 0 Å². The molecule has 1 aromatic heterocycles. The number of nitrogens with one attached hydrogen (secondary N) is 1. The molecule has 2 heterocycles. The summed E-state index contributed by atoms with van der Waals surface area (Å²) in [7, 11) is 0. The molecule has 5 heteroatoms. The average Bonchev–Trinajstić information content (AvgIpc) is 2.32. The van der Waals surface area contributed by atoms with Crippen LogP contribution in [0.4, 0.5) is 0 Å². The van der Waals surface area contributed by atoms with Gasteiger partial charge in [-0.15, -0.1) is 0 Å². The standard InChI is InChI=1S/C6H4ClN3O/c7-4-2-8-5-3(10-4)1-9-6(5)11/h2H,1H2,(H,9,11). The molecule has 0 aromatic carbocycles.